The Hall–Kier alpha value is -1.60. The highest BCUT2D eigenvalue weighted by Gasteiger charge is 2.03. The number of nitrogens with zero attached hydrogens (tertiary/aromatic N) is 2. The van der Waals surface area contributed by atoms with Gasteiger partial charge in [-0.25, -0.2) is 4.68 Å². The molecule has 1 aromatic carbocycles. The molecule has 0 aliphatic carbocycles. The van der Waals surface area contributed by atoms with Gasteiger partial charge in [0.05, 0.1) is 11.6 Å². The number of halogens is 1. The number of benzene rings is 1. The van der Waals surface area contributed by atoms with Gasteiger partial charge in [-0.2, -0.15) is 5.10 Å². The van der Waals surface area contributed by atoms with E-state index in [9.17, 15) is 4.79 Å². The predicted octanol–water partition coefficient (Wildman–Crippen LogP) is 1.79. The minimum Gasteiger partial charge on any atom is -0.267 e. The first-order chi connectivity index (χ1) is 7.22. The molecule has 0 fully saturated rings. The molecule has 2 rings (SSSR count). The molecule has 0 N–H and O–H groups in total. The van der Waals surface area contributed by atoms with Gasteiger partial charge < -0.3 is 0 Å². The SMILES string of the molecule is C#CCn1ncc2ccc(Br)cc2c1=O. The van der Waals surface area contributed by atoms with Gasteiger partial charge in [-0.15, -0.1) is 6.42 Å². The lowest BCUT2D eigenvalue weighted by Gasteiger charge is -2.02. The van der Waals surface area contributed by atoms with Crippen LogP contribution >= 0.6 is 15.9 Å². The molecule has 1 heterocycles. The summed E-state index contributed by atoms with van der Waals surface area (Å²) >= 11 is 3.32. The molecule has 0 saturated heterocycles. The molecule has 2 aromatic rings. The van der Waals surface area contributed by atoms with Gasteiger partial charge in [0.2, 0.25) is 0 Å². The molecule has 0 unspecified atom stereocenters. The van der Waals surface area contributed by atoms with E-state index >= 15 is 0 Å². The summed E-state index contributed by atoms with van der Waals surface area (Å²) in [6.45, 7) is 0.196. The highest BCUT2D eigenvalue weighted by Crippen LogP contribution is 2.15. The Kier molecular flexibility index (Phi) is 2.57. The first-order valence-corrected chi connectivity index (χ1v) is 5.10. The maximum Gasteiger partial charge on any atom is 0.275 e. The second-order valence-corrected chi connectivity index (χ2v) is 3.96. The minimum atomic E-state index is -0.160. The third-order valence-corrected chi connectivity index (χ3v) is 2.55. The van der Waals surface area contributed by atoms with E-state index in [1.807, 2.05) is 12.1 Å². The molecule has 0 aliphatic heterocycles. The quantitative estimate of drug-likeness (QED) is 0.735. The van der Waals surface area contributed by atoms with E-state index < -0.39 is 0 Å². The second-order valence-electron chi connectivity index (χ2n) is 3.04. The van der Waals surface area contributed by atoms with Crippen molar-refractivity contribution in [3.63, 3.8) is 0 Å². The van der Waals surface area contributed by atoms with Crippen LogP contribution in [0.2, 0.25) is 0 Å². The van der Waals surface area contributed by atoms with Gasteiger partial charge in [0.25, 0.3) is 5.56 Å². The van der Waals surface area contributed by atoms with Crippen molar-refractivity contribution >= 4 is 26.7 Å². The zero-order valence-electron chi connectivity index (χ0n) is 7.77. The normalized spacial score (nSPS) is 10.1. The van der Waals surface area contributed by atoms with Gasteiger partial charge in [-0.05, 0) is 12.1 Å². The predicted molar refractivity (Wildman–Crippen MR) is 62.5 cm³/mol. The zero-order chi connectivity index (χ0) is 10.8. The van der Waals surface area contributed by atoms with E-state index in [-0.39, 0.29) is 12.1 Å². The van der Waals surface area contributed by atoms with E-state index in [0.29, 0.717) is 5.39 Å². The number of hydrogen-bond acceptors (Lipinski definition) is 2. The monoisotopic (exact) mass is 262 g/mol. The summed E-state index contributed by atoms with van der Waals surface area (Å²) < 4.78 is 2.14. The summed E-state index contributed by atoms with van der Waals surface area (Å²) in [6.07, 6.45) is 6.78. The van der Waals surface area contributed by atoms with Crippen molar-refractivity contribution in [2.24, 2.45) is 0 Å². The van der Waals surface area contributed by atoms with Crippen molar-refractivity contribution in [3.05, 3.63) is 39.2 Å². The zero-order valence-corrected chi connectivity index (χ0v) is 9.36. The summed E-state index contributed by atoms with van der Waals surface area (Å²) in [5.74, 6) is 2.39. The van der Waals surface area contributed by atoms with Crippen molar-refractivity contribution in [1.82, 2.24) is 9.78 Å². The van der Waals surface area contributed by atoms with E-state index in [4.69, 9.17) is 6.42 Å². The van der Waals surface area contributed by atoms with Crippen LogP contribution in [0.5, 0.6) is 0 Å². The molecular weight excluding hydrogens is 256 g/mol. The van der Waals surface area contributed by atoms with Gasteiger partial charge >= 0.3 is 0 Å². The van der Waals surface area contributed by atoms with Gasteiger partial charge in [-0.1, -0.05) is 27.9 Å². The summed E-state index contributed by atoms with van der Waals surface area (Å²) in [4.78, 5) is 11.9. The Labute approximate surface area is 94.9 Å². The van der Waals surface area contributed by atoms with Crippen molar-refractivity contribution < 1.29 is 0 Å². The van der Waals surface area contributed by atoms with E-state index in [1.54, 1.807) is 12.3 Å². The van der Waals surface area contributed by atoms with Crippen LogP contribution in [0, 0.1) is 12.3 Å². The lowest BCUT2D eigenvalue weighted by atomic mass is 10.2. The average molecular weight is 263 g/mol. The fourth-order valence-electron chi connectivity index (χ4n) is 1.35. The van der Waals surface area contributed by atoms with Crippen LogP contribution in [0.3, 0.4) is 0 Å². The maximum absolute atomic E-state index is 11.9. The second kappa shape index (κ2) is 3.87. The molecule has 0 amide bonds. The van der Waals surface area contributed by atoms with Crippen molar-refractivity contribution in [2.75, 3.05) is 0 Å². The topological polar surface area (TPSA) is 34.9 Å². The van der Waals surface area contributed by atoms with Crippen LogP contribution in [0.15, 0.2) is 33.7 Å². The molecule has 0 bridgehead atoms. The standard InChI is InChI=1S/C11H7BrN2O/c1-2-5-14-11(15)10-6-9(12)4-3-8(10)7-13-14/h1,3-4,6-7H,5H2. The van der Waals surface area contributed by atoms with Crippen LogP contribution in [0.1, 0.15) is 0 Å². The van der Waals surface area contributed by atoms with Crippen molar-refractivity contribution in [2.45, 2.75) is 6.54 Å². The first kappa shape index (κ1) is 9.94. The van der Waals surface area contributed by atoms with Crippen LogP contribution in [0.4, 0.5) is 0 Å². The van der Waals surface area contributed by atoms with E-state index in [2.05, 4.69) is 26.9 Å². The lowest BCUT2D eigenvalue weighted by Crippen LogP contribution is -2.22. The van der Waals surface area contributed by atoms with Crippen molar-refractivity contribution in [3.8, 4) is 12.3 Å². The fourth-order valence-corrected chi connectivity index (χ4v) is 1.71. The molecule has 15 heavy (non-hydrogen) atoms. The Bertz CT molecular complexity index is 610. The number of rotatable bonds is 1. The third-order valence-electron chi connectivity index (χ3n) is 2.06. The van der Waals surface area contributed by atoms with Crippen LogP contribution in [-0.2, 0) is 6.54 Å². The Morgan fingerprint density at radius 2 is 2.33 bits per heavy atom. The van der Waals surface area contributed by atoms with Gasteiger partial charge in [-0.3, -0.25) is 4.79 Å². The summed E-state index contributed by atoms with van der Waals surface area (Å²) in [7, 11) is 0. The fraction of sp³-hybridized carbons (Fsp3) is 0.0909. The largest absolute Gasteiger partial charge is 0.275 e. The minimum absolute atomic E-state index is 0.160. The Morgan fingerprint density at radius 3 is 3.07 bits per heavy atom. The maximum atomic E-state index is 11.9. The summed E-state index contributed by atoms with van der Waals surface area (Å²) in [5, 5.41) is 5.41. The lowest BCUT2D eigenvalue weighted by molar-refractivity contribution is 0.672. The molecule has 3 nitrogen and oxygen atoms in total. The Morgan fingerprint density at radius 1 is 1.53 bits per heavy atom. The highest BCUT2D eigenvalue weighted by molar-refractivity contribution is 9.10. The summed E-state index contributed by atoms with van der Waals surface area (Å²) in [6, 6.07) is 5.48. The van der Waals surface area contributed by atoms with Crippen LogP contribution in [-0.4, -0.2) is 9.78 Å². The van der Waals surface area contributed by atoms with Crippen LogP contribution < -0.4 is 5.56 Å². The summed E-state index contributed by atoms with van der Waals surface area (Å²) in [5.41, 5.74) is -0.160. The number of aromatic nitrogens is 2. The molecule has 0 saturated carbocycles. The smallest absolute Gasteiger partial charge is 0.267 e. The van der Waals surface area contributed by atoms with Crippen LogP contribution in [0.25, 0.3) is 10.8 Å². The Balaban J connectivity index is 2.78. The molecule has 74 valence electrons. The average Bonchev–Trinajstić information content (AvgIpc) is 2.23. The molecular formula is C11H7BrN2O. The van der Waals surface area contributed by atoms with Gasteiger partial charge in [0.1, 0.15) is 6.54 Å². The molecule has 0 atom stereocenters. The van der Waals surface area contributed by atoms with Crippen molar-refractivity contribution in [1.29, 1.82) is 0 Å². The van der Waals surface area contributed by atoms with Gasteiger partial charge in [0.15, 0.2) is 0 Å². The highest BCUT2D eigenvalue weighted by atomic mass is 79.9. The first-order valence-electron chi connectivity index (χ1n) is 4.31. The molecule has 0 spiro atoms. The number of fused-ring (bicyclic) bond motifs is 1. The van der Waals surface area contributed by atoms with E-state index in [0.717, 1.165) is 9.86 Å². The number of terminal acetylenes is 1. The third kappa shape index (κ3) is 1.79. The molecule has 0 radical (unpaired) electrons. The van der Waals surface area contributed by atoms with E-state index in [1.165, 1.54) is 4.68 Å². The molecule has 1 aromatic heterocycles. The molecule has 0 aliphatic rings. The number of hydrogen-bond donors (Lipinski definition) is 0. The molecule has 4 heteroatoms. The van der Waals surface area contributed by atoms with Gasteiger partial charge in [0, 0.05) is 9.86 Å².